The van der Waals surface area contributed by atoms with Crippen LogP contribution in [0.25, 0.3) is 0 Å². The van der Waals surface area contributed by atoms with Gasteiger partial charge in [0.1, 0.15) is 5.60 Å². The zero-order valence-electron chi connectivity index (χ0n) is 11.7. The Morgan fingerprint density at radius 1 is 1.53 bits per heavy atom. The fourth-order valence-corrected chi connectivity index (χ4v) is 2.18. The summed E-state index contributed by atoms with van der Waals surface area (Å²) >= 11 is 4.15. The van der Waals surface area contributed by atoms with E-state index in [9.17, 15) is 4.79 Å². The summed E-state index contributed by atoms with van der Waals surface area (Å²) in [4.78, 5) is 15.7. The van der Waals surface area contributed by atoms with E-state index in [0.29, 0.717) is 18.4 Å². The van der Waals surface area contributed by atoms with E-state index in [1.54, 1.807) is 4.90 Å². The average Bonchev–Trinajstić information content (AvgIpc) is 2.82. The van der Waals surface area contributed by atoms with Crippen LogP contribution >= 0.6 is 12.6 Å². The Labute approximate surface area is 119 Å². The number of ether oxygens (including phenoxy) is 2. The molecular weight excluding hydrogens is 264 g/mol. The number of carbonyl (C=O) groups is 1. The normalized spacial score (nSPS) is 23.1. The molecule has 0 aromatic heterocycles. The van der Waals surface area contributed by atoms with Crippen molar-refractivity contribution in [2.75, 3.05) is 13.3 Å². The van der Waals surface area contributed by atoms with Gasteiger partial charge in [0.25, 0.3) is 0 Å². The molecule has 6 heteroatoms. The standard InChI is InChI=1S/C13H20N2O3S/c1-9-5-10(14-7-11(19)17-8-14)6-15(9)12(16)18-13(2,3)4/h5,7,9,19H,6,8H2,1-4H3/t9-/m1/s1. The van der Waals surface area contributed by atoms with Crippen molar-refractivity contribution < 1.29 is 14.3 Å². The molecule has 0 radical (unpaired) electrons. The number of rotatable bonds is 1. The van der Waals surface area contributed by atoms with Gasteiger partial charge in [-0.05, 0) is 33.8 Å². The molecule has 0 bridgehead atoms. The number of carbonyl (C=O) groups excluding carboxylic acids is 1. The predicted molar refractivity (Wildman–Crippen MR) is 75.3 cm³/mol. The first kappa shape index (κ1) is 14.1. The molecular formula is C13H20N2O3S. The highest BCUT2D eigenvalue weighted by Crippen LogP contribution is 2.26. The maximum Gasteiger partial charge on any atom is 0.411 e. The highest BCUT2D eigenvalue weighted by atomic mass is 32.1. The molecule has 2 aliphatic rings. The van der Waals surface area contributed by atoms with E-state index in [0.717, 1.165) is 5.70 Å². The molecule has 1 atom stereocenters. The van der Waals surface area contributed by atoms with Crippen LogP contribution in [0, 0.1) is 0 Å². The molecule has 0 spiro atoms. The predicted octanol–water partition coefficient (Wildman–Crippen LogP) is 2.53. The Kier molecular flexibility index (Phi) is 3.71. The first-order valence-corrected chi connectivity index (χ1v) is 6.71. The van der Waals surface area contributed by atoms with Gasteiger partial charge in [-0.15, -0.1) is 12.6 Å². The van der Waals surface area contributed by atoms with Crippen molar-refractivity contribution in [1.82, 2.24) is 9.80 Å². The second-order valence-corrected chi connectivity index (χ2v) is 6.16. The Hall–Kier alpha value is -1.30. The van der Waals surface area contributed by atoms with Gasteiger partial charge in [0.15, 0.2) is 11.8 Å². The van der Waals surface area contributed by atoms with Crippen LogP contribution in [0.15, 0.2) is 23.1 Å². The molecule has 5 nitrogen and oxygen atoms in total. The molecule has 1 amide bonds. The van der Waals surface area contributed by atoms with Crippen molar-refractivity contribution >= 4 is 18.7 Å². The highest BCUT2D eigenvalue weighted by Gasteiger charge is 2.32. The molecule has 0 fully saturated rings. The number of thiol groups is 1. The van der Waals surface area contributed by atoms with Gasteiger partial charge in [-0.3, -0.25) is 4.90 Å². The lowest BCUT2D eigenvalue weighted by Gasteiger charge is -2.27. The minimum atomic E-state index is -0.478. The molecule has 2 heterocycles. The van der Waals surface area contributed by atoms with Crippen LogP contribution < -0.4 is 0 Å². The van der Waals surface area contributed by atoms with Crippen molar-refractivity contribution in [3.63, 3.8) is 0 Å². The molecule has 0 aromatic rings. The van der Waals surface area contributed by atoms with E-state index in [-0.39, 0.29) is 12.1 Å². The Bertz CT molecular complexity index is 440. The average molecular weight is 284 g/mol. The Morgan fingerprint density at radius 2 is 2.21 bits per heavy atom. The third-order valence-corrected chi connectivity index (χ3v) is 3.12. The maximum absolute atomic E-state index is 12.1. The quantitative estimate of drug-likeness (QED) is 0.751. The van der Waals surface area contributed by atoms with Gasteiger partial charge in [-0.25, -0.2) is 4.79 Å². The first-order chi connectivity index (χ1) is 8.76. The van der Waals surface area contributed by atoms with Gasteiger partial charge in [0.05, 0.1) is 18.8 Å². The van der Waals surface area contributed by atoms with Crippen LogP contribution in [0.5, 0.6) is 0 Å². The summed E-state index contributed by atoms with van der Waals surface area (Å²) in [6.45, 7) is 8.54. The van der Waals surface area contributed by atoms with Crippen LogP contribution in [0.1, 0.15) is 27.7 Å². The van der Waals surface area contributed by atoms with Crippen LogP contribution in [-0.2, 0) is 9.47 Å². The fraction of sp³-hybridized carbons (Fsp3) is 0.615. The minimum absolute atomic E-state index is 0.0159. The van der Waals surface area contributed by atoms with E-state index in [4.69, 9.17) is 9.47 Å². The monoisotopic (exact) mass is 284 g/mol. The van der Waals surface area contributed by atoms with Gasteiger partial charge in [-0.1, -0.05) is 0 Å². The molecule has 106 valence electrons. The molecule has 0 aromatic carbocycles. The first-order valence-electron chi connectivity index (χ1n) is 6.27. The lowest BCUT2D eigenvalue weighted by Crippen LogP contribution is -2.39. The number of hydrogen-bond acceptors (Lipinski definition) is 5. The third kappa shape index (κ3) is 3.37. The van der Waals surface area contributed by atoms with Crippen molar-refractivity contribution in [1.29, 1.82) is 0 Å². The topological polar surface area (TPSA) is 42.0 Å². The Balaban J connectivity index is 2.00. The molecule has 0 saturated heterocycles. The molecule has 19 heavy (non-hydrogen) atoms. The summed E-state index contributed by atoms with van der Waals surface area (Å²) in [6.07, 6.45) is 3.57. The highest BCUT2D eigenvalue weighted by molar-refractivity contribution is 7.84. The molecule has 0 N–H and O–H groups in total. The van der Waals surface area contributed by atoms with Crippen LogP contribution in [-0.4, -0.2) is 40.8 Å². The van der Waals surface area contributed by atoms with Crippen LogP contribution in [0.4, 0.5) is 4.79 Å². The largest absolute Gasteiger partial charge is 0.465 e. The molecule has 2 aliphatic heterocycles. The van der Waals surface area contributed by atoms with Gasteiger partial charge >= 0.3 is 6.09 Å². The zero-order valence-corrected chi connectivity index (χ0v) is 12.6. The minimum Gasteiger partial charge on any atom is -0.465 e. The van der Waals surface area contributed by atoms with E-state index in [1.165, 1.54) is 0 Å². The van der Waals surface area contributed by atoms with Crippen molar-refractivity contribution in [2.45, 2.75) is 39.3 Å². The number of nitrogens with zero attached hydrogens (tertiary/aromatic N) is 2. The van der Waals surface area contributed by atoms with E-state index in [2.05, 4.69) is 12.6 Å². The molecule has 0 unspecified atom stereocenters. The van der Waals surface area contributed by atoms with Crippen molar-refractivity contribution in [3.8, 4) is 0 Å². The lowest BCUT2D eigenvalue weighted by atomic mass is 10.2. The fourth-order valence-electron chi connectivity index (χ4n) is 1.99. The lowest BCUT2D eigenvalue weighted by molar-refractivity contribution is 0.0243. The summed E-state index contributed by atoms with van der Waals surface area (Å²) in [5, 5.41) is 0.587. The molecule has 0 aliphatic carbocycles. The number of amides is 1. The SMILES string of the molecule is C[C@@H]1C=C(N2C=C(S)OC2)CN1C(=O)OC(C)(C)C. The second-order valence-electron chi connectivity index (χ2n) is 5.72. The van der Waals surface area contributed by atoms with Gasteiger partial charge < -0.3 is 14.4 Å². The second kappa shape index (κ2) is 5.00. The van der Waals surface area contributed by atoms with E-state index < -0.39 is 5.60 Å². The Morgan fingerprint density at radius 3 is 2.74 bits per heavy atom. The summed E-state index contributed by atoms with van der Waals surface area (Å²) in [5.41, 5.74) is 0.552. The van der Waals surface area contributed by atoms with Gasteiger partial charge in [-0.2, -0.15) is 0 Å². The number of hydrogen-bond donors (Lipinski definition) is 1. The molecule has 2 rings (SSSR count). The summed E-state index contributed by atoms with van der Waals surface area (Å²) in [5.74, 6) is 0. The van der Waals surface area contributed by atoms with Crippen molar-refractivity contribution in [2.24, 2.45) is 0 Å². The van der Waals surface area contributed by atoms with Crippen LogP contribution in [0.2, 0.25) is 0 Å². The van der Waals surface area contributed by atoms with Gasteiger partial charge in [0.2, 0.25) is 0 Å². The zero-order chi connectivity index (χ0) is 14.2. The summed E-state index contributed by atoms with van der Waals surface area (Å²) < 4.78 is 10.7. The smallest absolute Gasteiger partial charge is 0.411 e. The van der Waals surface area contributed by atoms with E-state index in [1.807, 2.05) is 44.9 Å². The third-order valence-electron chi connectivity index (χ3n) is 2.87. The van der Waals surface area contributed by atoms with E-state index >= 15 is 0 Å². The summed E-state index contributed by atoms with van der Waals surface area (Å²) in [7, 11) is 0. The maximum atomic E-state index is 12.1. The molecule has 0 saturated carbocycles. The van der Waals surface area contributed by atoms with Crippen LogP contribution in [0.3, 0.4) is 0 Å². The summed E-state index contributed by atoms with van der Waals surface area (Å²) in [6, 6.07) is 0.0159. The van der Waals surface area contributed by atoms with Gasteiger partial charge in [0, 0.05) is 5.70 Å². The van der Waals surface area contributed by atoms with Crippen molar-refractivity contribution in [3.05, 3.63) is 23.1 Å².